The van der Waals surface area contributed by atoms with Crippen molar-refractivity contribution in [3.8, 4) is 11.5 Å². The molecule has 2 aliphatic heterocycles. The van der Waals surface area contributed by atoms with E-state index in [1.165, 1.54) is 0 Å². The summed E-state index contributed by atoms with van der Waals surface area (Å²) in [6.07, 6.45) is 5.18. The first kappa shape index (κ1) is 18.4. The van der Waals surface area contributed by atoms with Crippen LogP contribution in [-0.2, 0) is 28.4 Å². The molecule has 0 radical (unpaired) electrons. The van der Waals surface area contributed by atoms with Crippen LogP contribution in [0.5, 0.6) is 11.5 Å². The lowest BCUT2D eigenvalue weighted by atomic mass is 9.53. The van der Waals surface area contributed by atoms with E-state index >= 15 is 0 Å². The summed E-state index contributed by atoms with van der Waals surface area (Å²) in [5, 5.41) is 21.3. The number of piperidine rings is 1. The second-order valence-electron chi connectivity index (χ2n) is 8.61. The number of aromatic hydroxyl groups is 1. The van der Waals surface area contributed by atoms with Gasteiger partial charge in [-0.05, 0) is 56.5 Å². The smallest absolute Gasteiger partial charge is 0.264 e. The highest BCUT2D eigenvalue weighted by Gasteiger charge is 2.64. The van der Waals surface area contributed by atoms with Gasteiger partial charge in [0.15, 0.2) is 11.5 Å². The highest BCUT2D eigenvalue weighted by Crippen LogP contribution is 2.63. The molecule has 0 aromatic heterocycles. The standard InChI is InChI=1S/C20H25NO6S/c1-21-7-6-20-13-4-5-15(22)19(20)27-18-16(23)9-11(3-2-8-28(24,25)26)12(17(18)20)10-14(13)21/h4-5,9,13-15,19,22-23H,2-3,6-8,10H2,1H3,(H,24,25,26)/t13-,14+,15-,19-,20-/m0/s1. The first-order valence-corrected chi connectivity index (χ1v) is 11.4. The summed E-state index contributed by atoms with van der Waals surface area (Å²) in [6.45, 7) is 0.897. The van der Waals surface area contributed by atoms with Crippen LogP contribution in [0.25, 0.3) is 0 Å². The molecular formula is C20H25NO6S. The van der Waals surface area contributed by atoms with Crippen molar-refractivity contribution in [3.63, 3.8) is 0 Å². The maximum atomic E-state index is 11.1. The normalized spacial score (nSPS) is 35.5. The molecule has 152 valence electrons. The molecule has 2 heterocycles. The number of aliphatic hydroxyl groups is 1. The highest BCUT2D eigenvalue weighted by atomic mass is 32.2. The van der Waals surface area contributed by atoms with Crippen molar-refractivity contribution in [1.29, 1.82) is 0 Å². The molecular weight excluding hydrogens is 382 g/mol. The summed E-state index contributed by atoms with van der Waals surface area (Å²) in [5.41, 5.74) is 2.68. The number of likely N-dealkylation sites (tertiary alicyclic amines) is 1. The average molecular weight is 407 g/mol. The summed E-state index contributed by atoms with van der Waals surface area (Å²) in [7, 11) is -1.90. The van der Waals surface area contributed by atoms with Gasteiger partial charge in [0.2, 0.25) is 0 Å². The Bertz CT molecular complexity index is 973. The van der Waals surface area contributed by atoms with E-state index < -0.39 is 22.3 Å². The molecule has 0 unspecified atom stereocenters. The van der Waals surface area contributed by atoms with Crippen molar-refractivity contribution < 1.29 is 27.9 Å². The third-order valence-electron chi connectivity index (χ3n) is 7.22. The maximum Gasteiger partial charge on any atom is 0.264 e. The van der Waals surface area contributed by atoms with E-state index in [1.807, 2.05) is 6.08 Å². The van der Waals surface area contributed by atoms with Crippen molar-refractivity contribution in [2.45, 2.75) is 49.3 Å². The van der Waals surface area contributed by atoms with Gasteiger partial charge in [0, 0.05) is 22.9 Å². The molecule has 1 saturated heterocycles. The molecule has 2 bridgehead atoms. The molecule has 3 N–H and O–H groups in total. The first-order chi connectivity index (χ1) is 13.2. The Kier molecular flexibility index (Phi) is 3.91. The zero-order chi connectivity index (χ0) is 19.8. The molecule has 5 atom stereocenters. The second kappa shape index (κ2) is 5.95. The predicted molar refractivity (Wildman–Crippen MR) is 102 cm³/mol. The number of hydrogen-bond acceptors (Lipinski definition) is 6. The third-order valence-corrected chi connectivity index (χ3v) is 8.02. The van der Waals surface area contributed by atoms with Gasteiger partial charge in [-0.15, -0.1) is 0 Å². The molecule has 0 amide bonds. The van der Waals surface area contributed by atoms with Gasteiger partial charge in [-0.1, -0.05) is 12.2 Å². The van der Waals surface area contributed by atoms with Gasteiger partial charge >= 0.3 is 0 Å². The first-order valence-electron chi connectivity index (χ1n) is 9.79. The summed E-state index contributed by atoms with van der Waals surface area (Å²) in [5.74, 6) is 0.435. The molecule has 8 heteroatoms. The lowest BCUT2D eigenvalue weighted by Crippen LogP contribution is -2.64. The molecule has 7 nitrogen and oxygen atoms in total. The molecule has 0 saturated carbocycles. The summed E-state index contributed by atoms with van der Waals surface area (Å²) in [6, 6.07) is 1.94. The predicted octanol–water partition coefficient (Wildman–Crippen LogP) is 1.02. The molecule has 1 spiro atoms. The number of likely N-dealkylation sites (N-methyl/N-ethyl adjacent to an activating group) is 1. The molecule has 1 aromatic rings. The average Bonchev–Trinajstić information content (AvgIpc) is 2.96. The number of nitrogens with zero attached hydrogens (tertiary/aromatic N) is 1. The molecule has 1 fully saturated rings. The fourth-order valence-electron chi connectivity index (χ4n) is 6.07. The van der Waals surface area contributed by atoms with Crippen LogP contribution in [0.1, 0.15) is 29.5 Å². The number of rotatable bonds is 4. The van der Waals surface area contributed by atoms with Gasteiger partial charge < -0.3 is 19.8 Å². The number of hydrogen-bond donors (Lipinski definition) is 3. The second-order valence-corrected chi connectivity index (χ2v) is 10.2. The number of ether oxygens (including phenoxy) is 1. The van der Waals surface area contributed by atoms with Crippen LogP contribution < -0.4 is 4.74 Å². The molecule has 2 aliphatic carbocycles. The van der Waals surface area contributed by atoms with Gasteiger partial charge in [-0.3, -0.25) is 4.55 Å². The van der Waals surface area contributed by atoms with Gasteiger partial charge in [-0.2, -0.15) is 8.42 Å². The Balaban J connectivity index is 1.65. The zero-order valence-corrected chi connectivity index (χ0v) is 16.5. The molecule has 28 heavy (non-hydrogen) atoms. The van der Waals surface area contributed by atoms with Gasteiger partial charge in [0.1, 0.15) is 12.2 Å². The monoisotopic (exact) mass is 407 g/mol. The Labute approximate surface area is 164 Å². The largest absolute Gasteiger partial charge is 0.504 e. The van der Waals surface area contributed by atoms with Gasteiger partial charge in [-0.25, -0.2) is 0 Å². The Morgan fingerprint density at radius 1 is 1.36 bits per heavy atom. The van der Waals surface area contributed by atoms with Gasteiger partial charge in [0.05, 0.1) is 5.75 Å². The van der Waals surface area contributed by atoms with Crippen molar-refractivity contribution in [1.82, 2.24) is 4.90 Å². The topological polar surface area (TPSA) is 107 Å². The van der Waals surface area contributed by atoms with E-state index in [9.17, 15) is 18.6 Å². The molecule has 4 aliphatic rings. The summed E-state index contributed by atoms with van der Waals surface area (Å²) < 4.78 is 37.4. The van der Waals surface area contributed by atoms with Crippen LogP contribution in [0.15, 0.2) is 18.2 Å². The Hall–Kier alpha value is -1.61. The number of phenols is 1. The third kappa shape index (κ3) is 2.41. The van der Waals surface area contributed by atoms with E-state index in [-0.39, 0.29) is 35.3 Å². The quantitative estimate of drug-likeness (QED) is 0.505. The number of aliphatic hydroxyl groups excluding tert-OH is 1. The van der Waals surface area contributed by atoms with E-state index in [0.717, 1.165) is 36.1 Å². The van der Waals surface area contributed by atoms with E-state index in [0.29, 0.717) is 12.2 Å². The number of aryl methyl sites for hydroxylation is 1. The van der Waals surface area contributed by atoms with Crippen molar-refractivity contribution in [2.75, 3.05) is 19.3 Å². The maximum absolute atomic E-state index is 11.1. The minimum atomic E-state index is -4.01. The highest BCUT2D eigenvalue weighted by molar-refractivity contribution is 7.85. The summed E-state index contributed by atoms with van der Waals surface area (Å²) in [4.78, 5) is 2.35. The Morgan fingerprint density at radius 2 is 2.14 bits per heavy atom. The zero-order valence-electron chi connectivity index (χ0n) is 15.7. The van der Waals surface area contributed by atoms with E-state index in [2.05, 4.69) is 18.0 Å². The summed E-state index contributed by atoms with van der Waals surface area (Å²) >= 11 is 0. The Morgan fingerprint density at radius 3 is 2.89 bits per heavy atom. The van der Waals surface area contributed by atoms with E-state index in [4.69, 9.17) is 9.29 Å². The molecule has 5 rings (SSSR count). The van der Waals surface area contributed by atoms with Crippen molar-refractivity contribution >= 4 is 10.1 Å². The SMILES string of the molecule is CN1CC[C@]23c4c5c(CCCS(=O)(=O)O)cc(O)c4O[C@H]2[C@@H](O)C=C[C@H]3[C@H]1C5. The number of phenolic OH excluding ortho intramolecular Hbond substituents is 1. The fourth-order valence-corrected chi connectivity index (χ4v) is 6.58. The number of benzene rings is 1. The van der Waals surface area contributed by atoms with Crippen molar-refractivity contribution in [2.24, 2.45) is 5.92 Å². The van der Waals surface area contributed by atoms with Crippen LogP contribution >= 0.6 is 0 Å². The fraction of sp³-hybridized carbons (Fsp3) is 0.600. The van der Waals surface area contributed by atoms with Gasteiger partial charge in [0.25, 0.3) is 10.1 Å². The minimum absolute atomic E-state index is 0.0488. The van der Waals surface area contributed by atoms with Crippen LogP contribution in [0.3, 0.4) is 0 Å². The van der Waals surface area contributed by atoms with Crippen molar-refractivity contribution in [3.05, 3.63) is 34.9 Å². The minimum Gasteiger partial charge on any atom is -0.504 e. The van der Waals surface area contributed by atoms with Crippen LogP contribution in [0.4, 0.5) is 0 Å². The van der Waals surface area contributed by atoms with E-state index in [1.54, 1.807) is 6.07 Å². The lowest BCUT2D eigenvalue weighted by molar-refractivity contribution is -0.0454. The van der Waals surface area contributed by atoms with Crippen LogP contribution in [0.2, 0.25) is 0 Å². The lowest BCUT2D eigenvalue weighted by Gasteiger charge is -2.56. The molecule has 1 aromatic carbocycles. The van der Waals surface area contributed by atoms with Crippen LogP contribution in [0, 0.1) is 5.92 Å². The van der Waals surface area contributed by atoms with Crippen LogP contribution in [-0.4, -0.2) is 65.7 Å².